The molecule has 0 spiro atoms. The van der Waals surface area contributed by atoms with E-state index in [4.69, 9.17) is 4.74 Å². The minimum atomic E-state index is -0.481. The molecule has 1 aromatic heterocycles. The van der Waals surface area contributed by atoms with Crippen LogP contribution in [-0.4, -0.2) is 26.6 Å². The van der Waals surface area contributed by atoms with Gasteiger partial charge in [0.2, 0.25) is 0 Å². The van der Waals surface area contributed by atoms with Gasteiger partial charge in [-0.05, 0) is 43.6 Å². The Balaban J connectivity index is 2.15. The van der Waals surface area contributed by atoms with Crippen LogP contribution < -0.4 is 0 Å². The van der Waals surface area contributed by atoms with Gasteiger partial charge < -0.3 is 4.74 Å². The predicted octanol–water partition coefficient (Wildman–Crippen LogP) is 2.80. The molecule has 0 saturated heterocycles. The minimum absolute atomic E-state index is 0.315. The molecule has 98 valence electrons. The Bertz CT molecular complexity index is 497. The number of hydrogen-bond donors (Lipinski definition) is 0. The largest absolute Gasteiger partial charge is 0.444 e. The second-order valence-corrected chi connectivity index (χ2v) is 6.07. The van der Waals surface area contributed by atoms with E-state index >= 15 is 0 Å². The molecule has 5 nitrogen and oxygen atoms in total. The van der Waals surface area contributed by atoms with Crippen molar-refractivity contribution >= 4 is 22.0 Å². The molecule has 18 heavy (non-hydrogen) atoms. The summed E-state index contributed by atoms with van der Waals surface area (Å²) in [7, 11) is 0. The summed E-state index contributed by atoms with van der Waals surface area (Å²) in [5, 5.41) is 0. The van der Waals surface area contributed by atoms with Crippen LogP contribution in [0.25, 0.3) is 0 Å². The van der Waals surface area contributed by atoms with Gasteiger partial charge >= 0.3 is 6.09 Å². The van der Waals surface area contributed by atoms with E-state index < -0.39 is 5.60 Å². The Hall–Kier alpha value is -1.17. The van der Waals surface area contributed by atoms with Crippen molar-refractivity contribution in [3.63, 3.8) is 0 Å². The summed E-state index contributed by atoms with van der Waals surface area (Å²) in [6, 6.07) is 0. The topological polar surface area (TPSA) is 55.3 Å². The maximum Gasteiger partial charge on any atom is 0.410 e. The third-order valence-electron chi connectivity index (χ3n) is 2.50. The van der Waals surface area contributed by atoms with Crippen molar-refractivity contribution in [1.29, 1.82) is 0 Å². The third kappa shape index (κ3) is 2.80. The maximum absolute atomic E-state index is 12.0. The molecule has 1 aliphatic heterocycles. The lowest BCUT2D eigenvalue weighted by molar-refractivity contribution is 0.0240. The molecule has 0 aliphatic carbocycles. The zero-order valence-corrected chi connectivity index (χ0v) is 12.5. The van der Waals surface area contributed by atoms with Crippen LogP contribution in [0.3, 0.4) is 0 Å². The highest BCUT2D eigenvalue weighted by Crippen LogP contribution is 2.28. The summed E-state index contributed by atoms with van der Waals surface area (Å²) in [5.74, 6) is 0.701. The zero-order valence-electron chi connectivity index (χ0n) is 11.0. The first kappa shape index (κ1) is 13.3. The number of halogens is 1. The number of aryl methyl sites for hydroxylation is 1. The molecule has 0 atom stereocenters. The van der Waals surface area contributed by atoms with Crippen molar-refractivity contribution in [1.82, 2.24) is 14.9 Å². The van der Waals surface area contributed by atoms with Gasteiger partial charge in [0.05, 0.1) is 18.8 Å². The summed E-state index contributed by atoms with van der Waals surface area (Å²) >= 11 is 3.41. The molecule has 0 bridgehead atoms. The van der Waals surface area contributed by atoms with Gasteiger partial charge in [-0.15, -0.1) is 0 Å². The van der Waals surface area contributed by atoms with E-state index in [2.05, 4.69) is 25.9 Å². The van der Waals surface area contributed by atoms with Crippen molar-refractivity contribution in [2.75, 3.05) is 0 Å². The lowest BCUT2D eigenvalue weighted by Crippen LogP contribution is -2.33. The van der Waals surface area contributed by atoms with Gasteiger partial charge in [0.1, 0.15) is 16.0 Å². The van der Waals surface area contributed by atoms with Gasteiger partial charge in [0.15, 0.2) is 0 Å². The molecular weight excluding hydrogens is 298 g/mol. The third-order valence-corrected chi connectivity index (χ3v) is 3.15. The lowest BCUT2D eigenvalue weighted by Gasteiger charge is -2.23. The Labute approximate surface area is 115 Å². The first-order valence-corrected chi connectivity index (χ1v) is 6.55. The van der Waals surface area contributed by atoms with Gasteiger partial charge in [-0.25, -0.2) is 14.8 Å². The molecule has 1 amide bonds. The summed E-state index contributed by atoms with van der Waals surface area (Å²) in [4.78, 5) is 22.2. The Morgan fingerprint density at radius 1 is 1.33 bits per heavy atom. The summed E-state index contributed by atoms with van der Waals surface area (Å²) in [5.41, 5.74) is 1.37. The quantitative estimate of drug-likeness (QED) is 0.691. The summed E-state index contributed by atoms with van der Waals surface area (Å²) in [6.07, 6.45) is -0.315. The fourth-order valence-corrected chi connectivity index (χ4v) is 2.40. The molecular formula is C12H16BrN3O2. The van der Waals surface area contributed by atoms with Crippen molar-refractivity contribution in [3.8, 4) is 0 Å². The monoisotopic (exact) mass is 313 g/mol. The Morgan fingerprint density at radius 2 is 2.00 bits per heavy atom. The summed E-state index contributed by atoms with van der Waals surface area (Å²) < 4.78 is 6.11. The minimum Gasteiger partial charge on any atom is -0.444 e. The van der Waals surface area contributed by atoms with Crippen LogP contribution in [-0.2, 0) is 17.8 Å². The predicted molar refractivity (Wildman–Crippen MR) is 70.0 cm³/mol. The van der Waals surface area contributed by atoms with Crippen LogP contribution in [0.4, 0.5) is 4.79 Å². The summed E-state index contributed by atoms with van der Waals surface area (Å²) in [6.45, 7) is 8.37. The van der Waals surface area contributed by atoms with Crippen LogP contribution in [0.2, 0.25) is 0 Å². The highest BCUT2D eigenvalue weighted by Gasteiger charge is 2.30. The standard InChI is InChI=1S/C12H16BrN3O2/c1-7-14-9-6-16(5-8(9)10(13)15-7)11(17)18-12(2,3)4/h5-6H2,1-4H3. The van der Waals surface area contributed by atoms with E-state index in [-0.39, 0.29) is 6.09 Å². The fourth-order valence-electron chi connectivity index (χ4n) is 1.79. The number of ether oxygens (including phenoxy) is 1. The molecule has 0 unspecified atom stereocenters. The SMILES string of the molecule is Cc1nc(Br)c2c(n1)CN(C(=O)OC(C)(C)C)C2. The number of fused-ring (bicyclic) bond motifs is 1. The van der Waals surface area contributed by atoms with Gasteiger partial charge in [0, 0.05) is 5.56 Å². The average Bonchev–Trinajstić information content (AvgIpc) is 2.58. The fraction of sp³-hybridized carbons (Fsp3) is 0.583. The first-order valence-electron chi connectivity index (χ1n) is 5.76. The van der Waals surface area contributed by atoms with E-state index in [0.29, 0.717) is 18.9 Å². The van der Waals surface area contributed by atoms with Gasteiger partial charge in [-0.2, -0.15) is 0 Å². The smallest absolute Gasteiger partial charge is 0.410 e. The number of hydrogen-bond acceptors (Lipinski definition) is 4. The molecule has 1 aromatic rings. The average molecular weight is 314 g/mol. The lowest BCUT2D eigenvalue weighted by atomic mass is 10.2. The van der Waals surface area contributed by atoms with E-state index in [1.54, 1.807) is 4.90 Å². The van der Waals surface area contributed by atoms with Gasteiger partial charge in [0.25, 0.3) is 0 Å². The molecule has 0 saturated carbocycles. The Kier molecular flexibility index (Phi) is 3.31. The molecule has 0 fully saturated rings. The van der Waals surface area contributed by atoms with Crippen LogP contribution in [0.5, 0.6) is 0 Å². The van der Waals surface area contributed by atoms with Crippen LogP contribution in [0, 0.1) is 6.92 Å². The molecule has 0 N–H and O–H groups in total. The van der Waals surface area contributed by atoms with Crippen LogP contribution in [0.15, 0.2) is 4.60 Å². The molecule has 1 aliphatic rings. The van der Waals surface area contributed by atoms with Crippen LogP contribution >= 0.6 is 15.9 Å². The molecule has 2 rings (SSSR count). The van der Waals surface area contributed by atoms with E-state index in [0.717, 1.165) is 15.9 Å². The molecule has 6 heteroatoms. The van der Waals surface area contributed by atoms with Crippen molar-refractivity contribution in [2.24, 2.45) is 0 Å². The second kappa shape index (κ2) is 4.50. The molecule has 2 heterocycles. The maximum atomic E-state index is 12.0. The highest BCUT2D eigenvalue weighted by molar-refractivity contribution is 9.10. The number of aromatic nitrogens is 2. The zero-order chi connectivity index (χ0) is 13.5. The van der Waals surface area contributed by atoms with Crippen molar-refractivity contribution < 1.29 is 9.53 Å². The van der Waals surface area contributed by atoms with E-state index in [1.165, 1.54) is 0 Å². The van der Waals surface area contributed by atoms with Crippen molar-refractivity contribution in [3.05, 3.63) is 21.7 Å². The highest BCUT2D eigenvalue weighted by atomic mass is 79.9. The van der Waals surface area contributed by atoms with E-state index in [1.807, 2.05) is 27.7 Å². The number of rotatable bonds is 0. The normalized spacial score (nSPS) is 14.6. The number of carbonyl (C=O) groups is 1. The van der Waals surface area contributed by atoms with Gasteiger partial charge in [-0.1, -0.05) is 0 Å². The number of carbonyl (C=O) groups excluding carboxylic acids is 1. The number of amides is 1. The van der Waals surface area contributed by atoms with Crippen LogP contribution in [0.1, 0.15) is 37.9 Å². The molecule has 0 aromatic carbocycles. The number of nitrogens with zero attached hydrogens (tertiary/aromatic N) is 3. The van der Waals surface area contributed by atoms with Crippen molar-refractivity contribution in [2.45, 2.75) is 46.4 Å². The Morgan fingerprint density at radius 3 is 2.61 bits per heavy atom. The second-order valence-electron chi connectivity index (χ2n) is 5.32. The van der Waals surface area contributed by atoms with E-state index in [9.17, 15) is 4.79 Å². The van der Waals surface area contributed by atoms with Gasteiger partial charge in [-0.3, -0.25) is 4.90 Å². The first-order chi connectivity index (χ1) is 8.26. The molecule has 0 radical (unpaired) electrons.